The average molecular weight is 409 g/mol. The Kier molecular flexibility index (Phi) is 5.46. The molecule has 2 aromatic rings. The minimum absolute atomic E-state index is 0.0221. The molecule has 7 nitrogen and oxygen atoms in total. The van der Waals surface area contributed by atoms with Crippen molar-refractivity contribution in [1.29, 1.82) is 0 Å². The van der Waals surface area contributed by atoms with E-state index in [1.165, 1.54) is 24.1 Å². The third-order valence-corrected chi connectivity index (χ3v) is 5.54. The summed E-state index contributed by atoms with van der Waals surface area (Å²) in [4.78, 5) is 27.3. The molecule has 2 aromatic carbocycles. The number of phenols is 1. The Morgan fingerprint density at radius 3 is 2.43 bits per heavy atom. The van der Waals surface area contributed by atoms with E-state index in [0.29, 0.717) is 23.5 Å². The number of hydrogen-bond donors (Lipinski definition) is 2. The summed E-state index contributed by atoms with van der Waals surface area (Å²) in [6, 6.07) is 12.1. The van der Waals surface area contributed by atoms with Crippen LogP contribution in [0.4, 0.5) is 0 Å². The van der Waals surface area contributed by atoms with Crippen LogP contribution < -0.4 is 4.74 Å². The van der Waals surface area contributed by atoms with E-state index in [4.69, 9.17) is 9.47 Å². The highest BCUT2D eigenvalue weighted by Gasteiger charge is 2.47. The van der Waals surface area contributed by atoms with Gasteiger partial charge in [-0.15, -0.1) is 0 Å². The van der Waals surface area contributed by atoms with Crippen molar-refractivity contribution in [2.75, 3.05) is 20.3 Å². The van der Waals surface area contributed by atoms with Gasteiger partial charge in [-0.05, 0) is 54.8 Å². The van der Waals surface area contributed by atoms with Crippen molar-refractivity contribution < 1.29 is 29.3 Å². The smallest absolute Gasteiger partial charge is 0.295 e. The van der Waals surface area contributed by atoms with E-state index in [1.807, 2.05) is 0 Å². The van der Waals surface area contributed by atoms with Crippen molar-refractivity contribution in [2.24, 2.45) is 0 Å². The van der Waals surface area contributed by atoms with E-state index in [2.05, 4.69) is 0 Å². The Hall–Kier alpha value is -3.32. The summed E-state index contributed by atoms with van der Waals surface area (Å²) in [5.41, 5.74) is 1.06. The molecule has 2 saturated heterocycles. The van der Waals surface area contributed by atoms with Crippen LogP contribution in [-0.4, -0.2) is 53.2 Å². The zero-order valence-corrected chi connectivity index (χ0v) is 16.6. The summed E-state index contributed by atoms with van der Waals surface area (Å²) in [5, 5.41) is 20.7. The van der Waals surface area contributed by atoms with Gasteiger partial charge in [-0.3, -0.25) is 9.59 Å². The van der Waals surface area contributed by atoms with E-state index < -0.39 is 17.7 Å². The first-order valence-corrected chi connectivity index (χ1v) is 9.83. The van der Waals surface area contributed by atoms with Gasteiger partial charge in [0, 0.05) is 18.7 Å². The molecule has 0 aromatic heterocycles. The van der Waals surface area contributed by atoms with Gasteiger partial charge < -0.3 is 24.6 Å². The van der Waals surface area contributed by atoms with E-state index in [1.54, 1.807) is 36.4 Å². The molecule has 2 atom stereocenters. The van der Waals surface area contributed by atoms with Crippen LogP contribution in [0.3, 0.4) is 0 Å². The highest BCUT2D eigenvalue weighted by atomic mass is 16.5. The maximum atomic E-state index is 13.0. The van der Waals surface area contributed by atoms with Gasteiger partial charge >= 0.3 is 0 Å². The first-order chi connectivity index (χ1) is 14.5. The van der Waals surface area contributed by atoms with E-state index in [0.717, 1.165) is 12.8 Å². The molecule has 2 fully saturated rings. The molecule has 4 rings (SSSR count). The summed E-state index contributed by atoms with van der Waals surface area (Å²) in [7, 11) is 1.54. The number of carbonyl (C=O) groups excluding carboxylic acids is 2. The van der Waals surface area contributed by atoms with Gasteiger partial charge in [0.25, 0.3) is 11.7 Å². The number of Topliss-reactive ketones (excluding diaryl/α,β-unsaturated/α-hetero) is 1. The standard InChI is InChI=1S/C23H23NO6/c1-29-17-10-6-15(7-11-17)21(26)19-20(14-4-8-16(25)9-5-14)24(23(28)22(19)27)13-18-3-2-12-30-18/h4-11,18,20,25-26H,2-3,12-13H2,1H3/t18-,20+/m1/s1. The molecule has 0 spiro atoms. The molecule has 2 aliphatic rings. The van der Waals surface area contributed by atoms with Crippen LogP contribution in [-0.2, 0) is 14.3 Å². The summed E-state index contributed by atoms with van der Waals surface area (Å²) in [6.07, 6.45) is 1.57. The number of benzene rings is 2. The predicted octanol–water partition coefficient (Wildman–Crippen LogP) is 3.00. The minimum atomic E-state index is -0.767. The number of phenolic OH excluding ortho intramolecular Hbond substituents is 1. The topological polar surface area (TPSA) is 96.3 Å². The van der Waals surface area contributed by atoms with Crippen LogP contribution in [0.15, 0.2) is 54.1 Å². The van der Waals surface area contributed by atoms with Crippen molar-refractivity contribution in [1.82, 2.24) is 4.90 Å². The maximum absolute atomic E-state index is 13.0. The number of likely N-dealkylation sites (tertiary alicyclic amines) is 1. The molecular formula is C23H23NO6. The molecule has 1 amide bonds. The first kappa shape index (κ1) is 20.0. The Labute approximate surface area is 174 Å². The lowest BCUT2D eigenvalue weighted by Crippen LogP contribution is -2.36. The second-order valence-corrected chi connectivity index (χ2v) is 7.41. The Balaban J connectivity index is 1.80. The number of hydrogen-bond acceptors (Lipinski definition) is 6. The van der Waals surface area contributed by atoms with E-state index >= 15 is 0 Å². The zero-order valence-electron chi connectivity index (χ0n) is 16.6. The van der Waals surface area contributed by atoms with Crippen molar-refractivity contribution in [3.8, 4) is 11.5 Å². The molecule has 0 aliphatic carbocycles. The van der Waals surface area contributed by atoms with E-state index in [9.17, 15) is 19.8 Å². The normalized spacial score (nSPS) is 23.2. The van der Waals surface area contributed by atoms with Gasteiger partial charge in [-0.1, -0.05) is 12.1 Å². The van der Waals surface area contributed by atoms with Crippen LogP contribution in [0, 0.1) is 0 Å². The molecule has 30 heavy (non-hydrogen) atoms. The van der Waals surface area contributed by atoms with Gasteiger partial charge in [0.05, 0.1) is 24.8 Å². The molecule has 156 valence electrons. The van der Waals surface area contributed by atoms with Crippen LogP contribution >= 0.6 is 0 Å². The number of rotatable bonds is 5. The van der Waals surface area contributed by atoms with Crippen molar-refractivity contribution in [2.45, 2.75) is 25.0 Å². The number of ether oxygens (including phenoxy) is 2. The molecule has 0 radical (unpaired) electrons. The zero-order chi connectivity index (χ0) is 21.3. The summed E-state index contributed by atoms with van der Waals surface area (Å²) in [6.45, 7) is 0.889. The lowest BCUT2D eigenvalue weighted by molar-refractivity contribution is -0.140. The molecule has 0 unspecified atom stereocenters. The molecule has 7 heteroatoms. The molecular weight excluding hydrogens is 386 g/mol. The van der Waals surface area contributed by atoms with Crippen molar-refractivity contribution in [3.05, 3.63) is 65.2 Å². The maximum Gasteiger partial charge on any atom is 0.295 e. The summed E-state index contributed by atoms with van der Waals surface area (Å²) >= 11 is 0. The fourth-order valence-corrected chi connectivity index (χ4v) is 3.98. The number of ketones is 1. The third-order valence-electron chi connectivity index (χ3n) is 5.54. The number of amides is 1. The number of aromatic hydroxyl groups is 1. The van der Waals surface area contributed by atoms with Crippen LogP contribution in [0.2, 0.25) is 0 Å². The van der Waals surface area contributed by atoms with Crippen LogP contribution in [0.1, 0.15) is 30.0 Å². The van der Waals surface area contributed by atoms with E-state index in [-0.39, 0.29) is 29.7 Å². The number of aliphatic hydroxyl groups is 1. The molecule has 2 N–H and O–H groups in total. The van der Waals surface area contributed by atoms with Gasteiger partial charge in [-0.25, -0.2) is 0 Å². The van der Waals surface area contributed by atoms with Crippen LogP contribution in [0.5, 0.6) is 11.5 Å². The Bertz CT molecular complexity index is 974. The Morgan fingerprint density at radius 1 is 1.13 bits per heavy atom. The largest absolute Gasteiger partial charge is 0.508 e. The summed E-state index contributed by atoms with van der Waals surface area (Å²) < 4.78 is 10.8. The number of nitrogens with zero attached hydrogens (tertiary/aromatic N) is 1. The second kappa shape index (κ2) is 8.20. The lowest BCUT2D eigenvalue weighted by Gasteiger charge is -2.27. The average Bonchev–Trinajstić information content (AvgIpc) is 3.36. The van der Waals surface area contributed by atoms with Gasteiger partial charge in [0.15, 0.2) is 0 Å². The third kappa shape index (κ3) is 3.64. The minimum Gasteiger partial charge on any atom is -0.508 e. The fourth-order valence-electron chi connectivity index (χ4n) is 3.98. The number of carbonyl (C=O) groups is 2. The molecule has 0 bridgehead atoms. The van der Waals surface area contributed by atoms with Crippen LogP contribution in [0.25, 0.3) is 5.76 Å². The van der Waals surface area contributed by atoms with Gasteiger partial charge in [0.2, 0.25) is 0 Å². The second-order valence-electron chi connectivity index (χ2n) is 7.41. The number of aliphatic hydroxyl groups excluding tert-OH is 1. The fraction of sp³-hybridized carbons (Fsp3) is 0.304. The molecule has 2 aliphatic heterocycles. The van der Waals surface area contributed by atoms with Gasteiger partial charge in [-0.2, -0.15) is 0 Å². The highest BCUT2D eigenvalue weighted by molar-refractivity contribution is 6.46. The summed E-state index contributed by atoms with van der Waals surface area (Å²) in [5.74, 6) is -0.965. The SMILES string of the molecule is COc1ccc(C(O)=C2C(=O)C(=O)N(C[C@H]3CCCO3)[C@H]2c2ccc(O)cc2)cc1. The highest BCUT2D eigenvalue weighted by Crippen LogP contribution is 2.40. The Morgan fingerprint density at radius 2 is 1.83 bits per heavy atom. The monoisotopic (exact) mass is 409 g/mol. The quantitative estimate of drug-likeness (QED) is 0.448. The molecule has 0 saturated carbocycles. The first-order valence-electron chi connectivity index (χ1n) is 9.83. The molecule has 2 heterocycles. The predicted molar refractivity (Wildman–Crippen MR) is 109 cm³/mol. The lowest BCUT2D eigenvalue weighted by atomic mass is 9.95. The van der Waals surface area contributed by atoms with Crippen molar-refractivity contribution >= 4 is 17.4 Å². The van der Waals surface area contributed by atoms with Crippen molar-refractivity contribution in [3.63, 3.8) is 0 Å². The van der Waals surface area contributed by atoms with Gasteiger partial charge in [0.1, 0.15) is 17.3 Å². The number of methoxy groups -OCH3 is 1.